The van der Waals surface area contributed by atoms with Gasteiger partial charge < -0.3 is 19.7 Å². The van der Waals surface area contributed by atoms with Crippen LogP contribution in [-0.4, -0.2) is 47.1 Å². The summed E-state index contributed by atoms with van der Waals surface area (Å²) in [4.78, 5) is 26.5. The summed E-state index contributed by atoms with van der Waals surface area (Å²) in [5.74, 6) is -0.0425. The van der Waals surface area contributed by atoms with Gasteiger partial charge in [0.2, 0.25) is 0 Å². The average molecular weight is 629 g/mol. The number of esters is 2. The molecule has 0 bridgehead atoms. The van der Waals surface area contributed by atoms with Crippen LogP contribution in [0.15, 0.2) is 22.8 Å². The number of hydrogen-bond acceptors (Lipinski definition) is 6. The van der Waals surface area contributed by atoms with Crippen LogP contribution in [0.4, 0.5) is 0 Å². The molecule has 2 N–H and O–H groups in total. The van der Waals surface area contributed by atoms with Crippen molar-refractivity contribution in [2.24, 2.45) is 39.9 Å². The van der Waals surface area contributed by atoms with Crippen molar-refractivity contribution in [2.45, 2.75) is 164 Å². The maximum absolute atomic E-state index is 14.0. The van der Waals surface area contributed by atoms with Gasteiger partial charge in [-0.15, -0.1) is 0 Å². The molecule has 4 saturated carbocycles. The van der Waals surface area contributed by atoms with Crippen LogP contribution in [0.1, 0.15) is 145 Å². The van der Waals surface area contributed by atoms with E-state index in [2.05, 4.69) is 54.5 Å². The van der Waals surface area contributed by atoms with Crippen LogP contribution in [0.25, 0.3) is 0 Å². The molecule has 4 fully saturated rings. The third kappa shape index (κ3) is 6.98. The Bertz CT molecular complexity index is 1120. The number of aliphatic hydroxyl groups is 2. The summed E-state index contributed by atoms with van der Waals surface area (Å²) in [6.45, 7) is 17.5. The molecule has 0 radical (unpaired) electrons. The molecule has 256 valence electrons. The second-order valence-corrected chi connectivity index (χ2v) is 16.2. The lowest BCUT2D eigenvalue weighted by molar-refractivity contribution is -0.234. The first-order valence-corrected chi connectivity index (χ1v) is 18.3. The van der Waals surface area contributed by atoms with Crippen LogP contribution in [-0.2, 0) is 19.1 Å². The summed E-state index contributed by atoms with van der Waals surface area (Å²) in [5.41, 5.74) is 2.21. The smallest absolute Gasteiger partial charge is 0.334 e. The quantitative estimate of drug-likeness (QED) is 0.0975. The fourth-order valence-electron chi connectivity index (χ4n) is 10.9. The summed E-state index contributed by atoms with van der Waals surface area (Å²) >= 11 is 0. The molecule has 4 aliphatic rings. The molecule has 45 heavy (non-hydrogen) atoms. The van der Waals surface area contributed by atoms with Gasteiger partial charge in [0.1, 0.15) is 6.10 Å². The van der Waals surface area contributed by atoms with E-state index in [1.54, 1.807) is 0 Å². The lowest BCUT2D eigenvalue weighted by atomic mass is 9.36. The number of hydrogen-bond donors (Lipinski definition) is 2. The minimum Gasteiger partial charge on any atom is -0.462 e. The second kappa shape index (κ2) is 14.6. The third-order valence-corrected chi connectivity index (χ3v) is 13.3. The van der Waals surface area contributed by atoms with Gasteiger partial charge in [-0.25, -0.2) is 4.79 Å². The third-order valence-electron chi connectivity index (χ3n) is 13.3. The summed E-state index contributed by atoms with van der Waals surface area (Å²) < 4.78 is 12.1. The molecular formula is C39H64O6. The summed E-state index contributed by atoms with van der Waals surface area (Å²) in [6, 6.07) is 0. The van der Waals surface area contributed by atoms with E-state index in [1.165, 1.54) is 31.8 Å². The number of unbranched alkanes of at least 4 members (excludes halogenated alkanes) is 5. The first-order chi connectivity index (χ1) is 21.2. The molecule has 10 atom stereocenters. The SMILES string of the molecule is CCCCCCCCOC(=O)/C(CCC=C(C)C)=C1\[C@@H](OC(C)=O)C[C@@]2(C)[C@H]1C[C@@H](O)[C@H]1[C@@]3(C)CC[C@@H](O)[C@@H](C)[C@@H]3CC[C@@]12C. The van der Waals surface area contributed by atoms with Gasteiger partial charge in [-0.3, -0.25) is 4.79 Å². The van der Waals surface area contributed by atoms with Gasteiger partial charge in [0.25, 0.3) is 0 Å². The van der Waals surface area contributed by atoms with Crippen molar-refractivity contribution in [1.82, 2.24) is 0 Å². The van der Waals surface area contributed by atoms with E-state index in [4.69, 9.17) is 9.47 Å². The highest BCUT2D eigenvalue weighted by Crippen LogP contribution is 2.74. The fourth-order valence-corrected chi connectivity index (χ4v) is 10.9. The first kappa shape index (κ1) is 36.2. The molecule has 4 aliphatic carbocycles. The van der Waals surface area contributed by atoms with Crippen molar-refractivity contribution in [3.05, 3.63) is 22.8 Å². The number of aliphatic hydroxyl groups excluding tert-OH is 2. The van der Waals surface area contributed by atoms with E-state index in [1.807, 2.05) is 0 Å². The van der Waals surface area contributed by atoms with Crippen molar-refractivity contribution in [3.63, 3.8) is 0 Å². The molecule has 4 rings (SSSR count). The molecule has 0 saturated heterocycles. The fraction of sp³-hybridized carbons (Fsp3) is 0.846. The monoisotopic (exact) mass is 628 g/mol. The van der Waals surface area contributed by atoms with Crippen molar-refractivity contribution >= 4 is 11.9 Å². The molecule has 0 aromatic rings. The Morgan fingerprint density at radius 2 is 1.62 bits per heavy atom. The number of allylic oxidation sites excluding steroid dienone is 2. The van der Waals surface area contributed by atoms with Gasteiger partial charge in [0.05, 0.1) is 18.8 Å². The number of fused-ring (bicyclic) bond motifs is 5. The van der Waals surface area contributed by atoms with E-state index in [0.29, 0.717) is 43.8 Å². The van der Waals surface area contributed by atoms with Crippen LogP contribution in [0.2, 0.25) is 0 Å². The Kier molecular flexibility index (Phi) is 11.8. The molecule has 6 nitrogen and oxygen atoms in total. The molecule has 0 aliphatic heterocycles. The zero-order valence-corrected chi connectivity index (χ0v) is 29.8. The van der Waals surface area contributed by atoms with Gasteiger partial charge in [-0.1, -0.05) is 78.4 Å². The zero-order chi connectivity index (χ0) is 33.2. The summed E-state index contributed by atoms with van der Waals surface area (Å²) in [7, 11) is 0. The highest BCUT2D eigenvalue weighted by molar-refractivity contribution is 5.90. The van der Waals surface area contributed by atoms with Crippen LogP contribution < -0.4 is 0 Å². The Morgan fingerprint density at radius 3 is 2.29 bits per heavy atom. The maximum Gasteiger partial charge on any atom is 0.334 e. The molecule has 0 unspecified atom stereocenters. The number of carbonyl (C=O) groups excluding carboxylic acids is 2. The van der Waals surface area contributed by atoms with E-state index >= 15 is 0 Å². The van der Waals surface area contributed by atoms with Crippen LogP contribution >= 0.6 is 0 Å². The van der Waals surface area contributed by atoms with Crippen LogP contribution in [0.5, 0.6) is 0 Å². The lowest BCUT2D eigenvalue weighted by Crippen LogP contribution is -2.65. The van der Waals surface area contributed by atoms with Crippen molar-refractivity contribution < 1.29 is 29.3 Å². The van der Waals surface area contributed by atoms with Gasteiger partial charge in [0.15, 0.2) is 0 Å². The van der Waals surface area contributed by atoms with Gasteiger partial charge >= 0.3 is 11.9 Å². The van der Waals surface area contributed by atoms with E-state index in [-0.39, 0.29) is 52.0 Å². The molecular weight excluding hydrogens is 564 g/mol. The van der Waals surface area contributed by atoms with Gasteiger partial charge in [0, 0.05) is 12.5 Å². The maximum atomic E-state index is 14.0. The number of rotatable bonds is 12. The summed E-state index contributed by atoms with van der Waals surface area (Å²) in [6.07, 6.45) is 13.7. The Hall–Kier alpha value is -1.66. The lowest BCUT2D eigenvalue weighted by Gasteiger charge is -2.69. The normalized spacial score (nSPS) is 40.1. The molecule has 0 amide bonds. The van der Waals surface area contributed by atoms with Crippen molar-refractivity contribution in [1.29, 1.82) is 0 Å². The van der Waals surface area contributed by atoms with Crippen molar-refractivity contribution in [2.75, 3.05) is 6.61 Å². The number of ether oxygens (including phenoxy) is 2. The van der Waals surface area contributed by atoms with Gasteiger partial charge in [-0.05, 0) is 117 Å². The highest BCUT2D eigenvalue weighted by Gasteiger charge is 2.70. The van der Waals surface area contributed by atoms with Crippen LogP contribution in [0, 0.1) is 39.9 Å². The molecule has 6 heteroatoms. The second-order valence-electron chi connectivity index (χ2n) is 16.2. The van der Waals surface area contributed by atoms with Crippen LogP contribution in [0.3, 0.4) is 0 Å². The topological polar surface area (TPSA) is 93.1 Å². The molecule has 0 heterocycles. The Morgan fingerprint density at radius 1 is 0.933 bits per heavy atom. The zero-order valence-electron chi connectivity index (χ0n) is 29.8. The molecule has 0 spiro atoms. The highest BCUT2D eigenvalue weighted by atomic mass is 16.5. The molecule has 0 aromatic heterocycles. The van der Waals surface area contributed by atoms with E-state index in [9.17, 15) is 19.8 Å². The van der Waals surface area contributed by atoms with Crippen molar-refractivity contribution in [3.8, 4) is 0 Å². The minimum absolute atomic E-state index is 0.0751. The first-order valence-electron chi connectivity index (χ1n) is 18.3. The largest absolute Gasteiger partial charge is 0.462 e. The summed E-state index contributed by atoms with van der Waals surface area (Å²) in [5, 5.41) is 23.0. The van der Waals surface area contributed by atoms with E-state index < -0.39 is 12.2 Å². The Labute approximate surface area is 273 Å². The minimum atomic E-state index is -0.535. The standard InChI is InChI=1S/C39H64O6/c1-9-10-11-12-13-14-22-44-36(43)28(17-15-16-25(2)3)34-30-23-32(42)35-37(6)20-19-31(41)26(4)29(37)18-21-38(35,7)39(30,8)24-33(34)45-27(5)40/h16,26,29-33,35,41-42H,9-15,17-24H2,1-8H3/b34-28-/t26-,29-,30-,31+,32+,33-,35-,37-,38-,39-/m0/s1. The van der Waals surface area contributed by atoms with E-state index in [0.717, 1.165) is 50.5 Å². The number of carbonyl (C=O) groups is 2. The molecule has 0 aromatic carbocycles. The average Bonchev–Trinajstić information content (AvgIpc) is 3.23. The van der Waals surface area contributed by atoms with Gasteiger partial charge in [-0.2, -0.15) is 0 Å². The predicted octanol–water partition coefficient (Wildman–Crippen LogP) is 8.49. The predicted molar refractivity (Wildman–Crippen MR) is 179 cm³/mol. The Balaban J connectivity index is 1.71.